The van der Waals surface area contributed by atoms with Crippen LogP contribution in [0.5, 0.6) is 0 Å². The number of hydrogen-bond donors (Lipinski definition) is 1. The molecule has 0 atom stereocenters. The van der Waals surface area contributed by atoms with E-state index in [-0.39, 0.29) is 0 Å². The quantitative estimate of drug-likeness (QED) is 0.866. The maximum atomic E-state index is 9.00. The third-order valence-electron chi connectivity index (χ3n) is 2.05. The second-order valence-corrected chi connectivity index (χ2v) is 3.91. The first-order valence-electron chi connectivity index (χ1n) is 6.40. The first-order chi connectivity index (χ1) is 9.16. The van der Waals surface area contributed by atoms with Gasteiger partial charge in [0.25, 0.3) is 5.97 Å². The first kappa shape index (κ1) is 16.9. The smallest absolute Gasteiger partial charge is 0.300 e. The van der Waals surface area contributed by atoms with E-state index in [4.69, 9.17) is 9.90 Å². The maximum Gasteiger partial charge on any atom is 0.300 e. The summed E-state index contributed by atoms with van der Waals surface area (Å²) in [4.78, 5) is 9.00. The molecule has 2 rings (SSSR count). The van der Waals surface area contributed by atoms with Crippen LogP contribution in [0.4, 0.5) is 0 Å². The highest BCUT2D eigenvalue weighted by Gasteiger charge is 1.84. The van der Waals surface area contributed by atoms with Crippen molar-refractivity contribution >= 4 is 5.97 Å². The number of aliphatic carboxylic acids is 1. The lowest BCUT2D eigenvalue weighted by atomic mass is 10.1. The SMILES string of the molecule is CC(=O)O.CCCc1ccccc1.c1ccccc1. The Morgan fingerprint density at radius 2 is 1.21 bits per heavy atom. The summed E-state index contributed by atoms with van der Waals surface area (Å²) < 4.78 is 0. The lowest BCUT2D eigenvalue weighted by molar-refractivity contribution is -0.134. The highest BCUT2D eigenvalue weighted by Crippen LogP contribution is 2.00. The predicted molar refractivity (Wildman–Crippen MR) is 80.2 cm³/mol. The first-order valence-corrected chi connectivity index (χ1v) is 6.40. The Labute approximate surface area is 115 Å². The van der Waals surface area contributed by atoms with Gasteiger partial charge in [-0.25, -0.2) is 0 Å². The van der Waals surface area contributed by atoms with Crippen molar-refractivity contribution in [2.75, 3.05) is 0 Å². The van der Waals surface area contributed by atoms with Crippen LogP contribution in [0.1, 0.15) is 25.8 Å². The molecule has 0 aromatic heterocycles. The molecule has 0 fully saturated rings. The van der Waals surface area contributed by atoms with Crippen molar-refractivity contribution in [2.24, 2.45) is 0 Å². The second-order valence-electron chi connectivity index (χ2n) is 3.91. The van der Waals surface area contributed by atoms with Crippen molar-refractivity contribution in [3.05, 3.63) is 72.3 Å². The van der Waals surface area contributed by atoms with Gasteiger partial charge >= 0.3 is 0 Å². The minimum atomic E-state index is -0.833. The molecule has 19 heavy (non-hydrogen) atoms. The summed E-state index contributed by atoms with van der Waals surface area (Å²) in [6, 6.07) is 22.6. The second kappa shape index (κ2) is 12.4. The van der Waals surface area contributed by atoms with Crippen LogP contribution in [-0.2, 0) is 11.2 Å². The van der Waals surface area contributed by atoms with Gasteiger partial charge in [-0.05, 0) is 12.0 Å². The fourth-order valence-electron chi connectivity index (χ4n) is 1.32. The molecule has 102 valence electrons. The summed E-state index contributed by atoms with van der Waals surface area (Å²) in [7, 11) is 0. The minimum Gasteiger partial charge on any atom is -0.481 e. The van der Waals surface area contributed by atoms with Gasteiger partial charge < -0.3 is 5.11 Å². The van der Waals surface area contributed by atoms with Gasteiger partial charge in [-0.3, -0.25) is 4.79 Å². The van der Waals surface area contributed by atoms with E-state index in [2.05, 4.69) is 37.3 Å². The van der Waals surface area contributed by atoms with Crippen LogP contribution in [0, 0.1) is 0 Å². The molecule has 0 aliphatic carbocycles. The van der Waals surface area contributed by atoms with Crippen LogP contribution in [0.2, 0.25) is 0 Å². The van der Waals surface area contributed by atoms with E-state index < -0.39 is 5.97 Å². The number of aryl methyl sites for hydroxylation is 1. The average Bonchev–Trinajstić information content (AvgIpc) is 2.42. The fourth-order valence-corrected chi connectivity index (χ4v) is 1.32. The van der Waals surface area contributed by atoms with Crippen molar-refractivity contribution in [1.82, 2.24) is 0 Å². The number of hydrogen-bond acceptors (Lipinski definition) is 1. The molecule has 0 saturated heterocycles. The zero-order valence-electron chi connectivity index (χ0n) is 11.6. The number of rotatable bonds is 2. The van der Waals surface area contributed by atoms with E-state index >= 15 is 0 Å². The Bertz CT molecular complexity index is 379. The van der Waals surface area contributed by atoms with Crippen molar-refractivity contribution in [1.29, 1.82) is 0 Å². The van der Waals surface area contributed by atoms with Gasteiger partial charge in [0, 0.05) is 6.92 Å². The predicted octanol–water partition coefficient (Wildman–Crippen LogP) is 4.42. The van der Waals surface area contributed by atoms with Gasteiger partial charge in [0.05, 0.1) is 0 Å². The molecule has 0 saturated carbocycles. The van der Waals surface area contributed by atoms with Gasteiger partial charge in [0.2, 0.25) is 0 Å². The molecule has 0 aliphatic rings. The number of carbonyl (C=O) groups is 1. The van der Waals surface area contributed by atoms with Gasteiger partial charge in [0.1, 0.15) is 0 Å². The summed E-state index contributed by atoms with van der Waals surface area (Å²) in [5.74, 6) is -0.833. The van der Waals surface area contributed by atoms with E-state index in [9.17, 15) is 0 Å². The number of benzene rings is 2. The monoisotopic (exact) mass is 258 g/mol. The van der Waals surface area contributed by atoms with Crippen LogP contribution in [0.15, 0.2) is 66.7 Å². The molecule has 0 amide bonds. The maximum absolute atomic E-state index is 9.00. The molecule has 0 aliphatic heterocycles. The fraction of sp³-hybridized carbons (Fsp3) is 0.235. The standard InChI is InChI=1S/C9H12.C6H6.C2H4O2/c1-2-6-9-7-4-3-5-8-9;1-2-4-6-5-3-1;1-2(3)4/h3-5,7-8H,2,6H2,1H3;1-6H;1H3,(H,3,4). The van der Waals surface area contributed by atoms with Crippen LogP contribution in [-0.4, -0.2) is 11.1 Å². The molecule has 0 bridgehead atoms. The molecule has 1 N–H and O–H groups in total. The summed E-state index contributed by atoms with van der Waals surface area (Å²) >= 11 is 0. The lowest BCUT2D eigenvalue weighted by Crippen LogP contribution is -1.78. The summed E-state index contributed by atoms with van der Waals surface area (Å²) in [6.45, 7) is 3.28. The lowest BCUT2D eigenvalue weighted by Gasteiger charge is -1.93. The minimum absolute atomic E-state index is 0.833. The largest absolute Gasteiger partial charge is 0.481 e. The zero-order valence-corrected chi connectivity index (χ0v) is 11.6. The number of carboxylic acid groups (broad SMARTS) is 1. The Kier molecular flexibility index (Phi) is 11.0. The third-order valence-corrected chi connectivity index (χ3v) is 2.05. The molecule has 0 unspecified atom stereocenters. The molecule has 2 nitrogen and oxygen atoms in total. The molecule has 2 heteroatoms. The van der Waals surface area contributed by atoms with Crippen LogP contribution < -0.4 is 0 Å². The van der Waals surface area contributed by atoms with Crippen molar-refractivity contribution in [2.45, 2.75) is 26.7 Å². The van der Waals surface area contributed by atoms with E-state index in [0.29, 0.717) is 0 Å². The topological polar surface area (TPSA) is 37.3 Å². The van der Waals surface area contributed by atoms with Crippen LogP contribution in [0.25, 0.3) is 0 Å². The van der Waals surface area contributed by atoms with Crippen molar-refractivity contribution in [3.8, 4) is 0 Å². The average molecular weight is 258 g/mol. The zero-order chi connectivity index (χ0) is 14.3. The van der Waals surface area contributed by atoms with Crippen molar-refractivity contribution in [3.63, 3.8) is 0 Å². The number of carboxylic acids is 1. The summed E-state index contributed by atoms with van der Waals surface area (Å²) in [6.07, 6.45) is 2.45. The van der Waals surface area contributed by atoms with E-state index in [0.717, 1.165) is 6.92 Å². The van der Waals surface area contributed by atoms with Crippen LogP contribution in [0.3, 0.4) is 0 Å². The highest BCUT2D eigenvalue weighted by molar-refractivity contribution is 5.62. The molecule has 2 aromatic carbocycles. The van der Waals surface area contributed by atoms with Gasteiger partial charge in [-0.1, -0.05) is 80.1 Å². The van der Waals surface area contributed by atoms with Gasteiger partial charge in [0.15, 0.2) is 0 Å². The van der Waals surface area contributed by atoms with E-state index in [1.165, 1.54) is 18.4 Å². The Balaban J connectivity index is 0.000000281. The molecular formula is C17H22O2. The Hall–Kier alpha value is -2.09. The van der Waals surface area contributed by atoms with Gasteiger partial charge in [-0.2, -0.15) is 0 Å². The van der Waals surface area contributed by atoms with E-state index in [1.54, 1.807) is 0 Å². The molecule has 2 aromatic rings. The Morgan fingerprint density at radius 3 is 1.53 bits per heavy atom. The summed E-state index contributed by atoms with van der Waals surface area (Å²) in [5.41, 5.74) is 1.44. The molecular weight excluding hydrogens is 236 g/mol. The third kappa shape index (κ3) is 13.8. The molecule has 0 heterocycles. The highest BCUT2D eigenvalue weighted by atomic mass is 16.4. The van der Waals surface area contributed by atoms with Crippen LogP contribution >= 0.6 is 0 Å². The van der Waals surface area contributed by atoms with E-state index in [1.807, 2.05) is 36.4 Å². The molecule has 0 spiro atoms. The molecule has 0 radical (unpaired) electrons. The normalized spacial score (nSPS) is 8.32. The Morgan fingerprint density at radius 1 is 0.895 bits per heavy atom. The summed E-state index contributed by atoms with van der Waals surface area (Å²) in [5, 5.41) is 7.42. The van der Waals surface area contributed by atoms with Gasteiger partial charge in [-0.15, -0.1) is 0 Å². The van der Waals surface area contributed by atoms with Crippen molar-refractivity contribution < 1.29 is 9.90 Å².